The van der Waals surface area contributed by atoms with Gasteiger partial charge in [0.1, 0.15) is 11.4 Å². The van der Waals surface area contributed by atoms with Gasteiger partial charge in [-0.3, -0.25) is 4.79 Å². The van der Waals surface area contributed by atoms with E-state index in [0.29, 0.717) is 29.1 Å². The van der Waals surface area contributed by atoms with E-state index in [9.17, 15) is 4.79 Å². The van der Waals surface area contributed by atoms with E-state index in [1.165, 1.54) is 11.3 Å². The summed E-state index contributed by atoms with van der Waals surface area (Å²) in [5, 5.41) is 3.82. The zero-order chi connectivity index (χ0) is 17.1. The van der Waals surface area contributed by atoms with Gasteiger partial charge in [-0.2, -0.15) is 4.98 Å². The molecule has 2 aromatic rings. The highest BCUT2D eigenvalue weighted by Gasteiger charge is 2.22. The van der Waals surface area contributed by atoms with Gasteiger partial charge in [0.2, 0.25) is 5.88 Å². The highest BCUT2D eigenvalue weighted by atomic mass is 32.1. The summed E-state index contributed by atoms with van der Waals surface area (Å²) in [5.41, 5.74) is 0.847. The molecule has 1 N–H and O–H groups in total. The molecule has 0 saturated heterocycles. The number of methoxy groups -OCH3 is 2. The van der Waals surface area contributed by atoms with Crippen LogP contribution in [0.15, 0.2) is 0 Å². The summed E-state index contributed by atoms with van der Waals surface area (Å²) in [7, 11) is 3.15. The Labute approximate surface area is 140 Å². The van der Waals surface area contributed by atoms with Gasteiger partial charge < -0.3 is 14.8 Å². The second-order valence-electron chi connectivity index (χ2n) is 5.82. The van der Waals surface area contributed by atoms with E-state index in [4.69, 9.17) is 9.47 Å². The molecule has 0 spiro atoms. The number of amides is 1. The molecule has 0 aliphatic rings. The van der Waals surface area contributed by atoms with E-state index in [2.05, 4.69) is 29.1 Å². The van der Waals surface area contributed by atoms with E-state index >= 15 is 0 Å². The van der Waals surface area contributed by atoms with Crippen molar-refractivity contribution in [2.45, 2.75) is 40.3 Å². The largest absolute Gasteiger partial charge is 0.480 e. The van der Waals surface area contributed by atoms with Gasteiger partial charge in [0, 0.05) is 13.2 Å². The van der Waals surface area contributed by atoms with E-state index in [1.807, 2.05) is 13.8 Å². The average molecular weight is 337 g/mol. The Morgan fingerprint density at radius 3 is 2.52 bits per heavy atom. The van der Waals surface area contributed by atoms with Crippen molar-refractivity contribution in [3.63, 3.8) is 0 Å². The number of ether oxygens (including phenoxy) is 2. The zero-order valence-electron chi connectivity index (χ0n) is 14.4. The lowest BCUT2D eigenvalue weighted by Crippen LogP contribution is -2.35. The molecule has 0 aliphatic heterocycles. The highest BCUT2D eigenvalue weighted by molar-refractivity contribution is 7.20. The molecule has 126 valence electrons. The number of nitrogens with one attached hydrogen (secondary N) is 1. The molecule has 23 heavy (non-hydrogen) atoms. The van der Waals surface area contributed by atoms with Crippen LogP contribution in [0.3, 0.4) is 0 Å². The quantitative estimate of drug-likeness (QED) is 0.877. The number of carbonyl (C=O) groups is 1. The van der Waals surface area contributed by atoms with Crippen LogP contribution in [-0.2, 0) is 11.3 Å². The molecule has 2 heterocycles. The molecule has 1 unspecified atom stereocenters. The van der Waals surface area contributed by atoms with Crippen LogP contribution in [0.1, 0.15) is 41.8 Å². The first-order chi connectivity index (χ1) is 10.9. The highest BCUT2D eigenvalue weighted by Crippen LogP contribution is 2.35. The van der Waals surface area contributed by atoms with Crippen LogP contribution >= 0.6 is 11.3 Å². The number of aryl methyl sites for hydroxylation is 1. The molecule has 1 amide bonds. The molecule has 0 fully saturated rings. The Morgan fingerprint density at radius 1 is 1.26 bits per heavy atom. The van der Waals surface area contributed by atoms with Crippen LogP contribution in [-0.4, -0.2) is 36.1 Å². The minimum absolute atomic E-state index is 0.0814. The third-order valence-corrected chi connectivity index (χ3v) is 5.02. The number of nitrogens with zero attached hydrogens (tertiary/aromatic N) is 2. The standard InChI is InChI=1S/C16H23N3O3S/c1-8(2)10(4)17-14(20)13-9(3)12-15(22-6)18-11(7-21-5)19-16(12)23-13/h8,10H,7H2,1-6H3,(H,17,20). The molecule has 2 rings (SSSR count). The van der Waals surface area contributed by atoms with Crippen molar-refractivity contribution >= 4 is 27.5 Å². The minimum atomic E-state index is -0.0814. The Kier molecular flexibility index (Phi) is 5.54. The van der Waals surface area contributed by atoms with Crippen LogP contribution in [0.4, 0.5) is 0 Å². The predicted molar refractivity (Wildman–Crippen MR) is 91.2 cm³/mol. The fraction of sp³-hybridized carbons (Fsp3) is 0.562. The van der Waals surface area contributed by atoms with Crippen molar-refractivity contribution < 1.29 is 14.3 Å². The summed E-state index contributed by atoms with van der Waals surface area (Å²) in [5.74, 6) is 1.31. The molecule has 6 nitrogen and oxygen atoms in total. The SMILES string of the molecule is COCc1nc(OC)c2c(C)c(C(=O)NC(C)C(C)C)sc2n1. The lowest BCUT2D eigenvalue weighted by molar-refractivity contribution is 0.0934. The number of aromatic nitrogens is 2. The molecular weight excluding hydrogens is 314 g/mol. The third kappa shape index (κ3) is 3.61. The monoisotopic (exact) mass is 337 g/mol. The second-order valence-corrected chi connectivity index (χ2v) is 6.82. The van der Waals surface area contributed by atoms with E-state index < -0.39 is 0 Å². The van der Waals surface area contributed by atoms with E-state index in [-0.39, 0.29) is 11.9 Å². The number of hydrogen-bond acceptors (Lipinski definition) is 6. The van der Waals surface area contributed by atoms with Gasteiger partial charge in [0.05, 0.1) is 17.4 Å². The van der Waals surface area contributed by atoms with Gasteiger partial charge in [-0.15, -0.1) is 11.3 Å². The smallest absolute Gasteiger partial charge is 0.261 e. The summed E-state index contributed by atoms with van der Waals surface area (Å²) < 4.78 is 10.5. The molecule has 0 aliphatic carbocycles. The molecule has 0 saturated carbocycles. The fourth-order valence-electron chi connectivity index (χ4n) is 2.14. The molecule has 0 radical (unpaired) electrons. The van der Waals surface area contributed by atoms with E-state index in [0.717, 1.165) is 15.8 Å². The van der Waals surface area contributed by atoms with Crippen molar-refractivity contribution in [1.82, 2.24) is 15.3 Å². The Morgan fingerprint density at radius 2 is 1.96 bits per heavy atom. The Bertz CT molecular complexity index is 712. The lowest BCUT2D eigenvalue weighted by Gasteiger charge is -2.17. The number of hydrogen-bond donors (Lipinski definition) is 1. The van der Waals surface area contributed by atoms with Crippen molar-refractivity contribution in [3.8, 4) is 5.88 Å². The summed E-state index contributed by atoms with van der Waals surface area (Å²) in [6.45, 7) is 8.36. The first-order valence-electron chi connectivity index (χ1n) is 7.52. The summed E-state index contributed by atoms with van der Waals surface area (Å²) >= 11 is 1.36. The maximum atomic E-state index is 12.5. The number of carbonyl (C=O) groups excluding carboxylic acids is 1. The van der Waals surface area contributed by atoms with Crippen molar-refractivity contribution in [1.29, 1.82) is 0 Å². The van der Waals surface area contributed by atoms with Crippen LogP contribution in [0, 0.1) is 12.8 Å². The topological polar surface area (TPSA) is 73.3 Å². The number of fused-ring (bicyclic) bond motifs is 1. The molecule has 0 aromatic carbocycles. The normalized spacial score (nSPS) is 12.7. The molecule has 7 heteroatoms. The van der Waals surface area contributed by atoms with Crippen molar-refractivity contribution in [3.05, 3.63) is 16.3 Å². The van der Waals surface area contributed by atoms with Crippen LogP contribution < -0.4 is 10.1 Å². The minimum Gasteiger partial charge on any atom is -0.480 e. The summed E-state index contributed by atoms with van der Waals surface area (Å²) in [6, 6.07) is 0.101. The van der Waals surface area contributed by atoms with Gasteiger partial charge in [-0.1, -0.05) is 13.8 Å². The van der Waals surface area contributed by atoms with Gasteiger partial charge in [0.15, 0.2) is 5.82 Å². The first kappa shape index (κ1) is 17.6. The zero-order valence-corrected chi connectivity index (χ0v) is 15.2. The van der Waals surface area contributed by atoms with Crippen LogP contribution in [0.2, 0.25) is 0 Å². The Balaban J connectivity index is 2.46. The Hall–Kier alpha value is -1.73. The molecule has 2 aromatic heterocycles. The lowest BCUT2D eigenvalue weighted by atomic mass is 10.1. The number of rotatable bonds is 6. The molecule has 1 atom stereocenters. The second kappa shape index (κ2) is 7.23. The number of thiophene rings is 1. The van der Waals surface area contributed by atoms with Crippen molar-refractivity contribution in [2.24, 2.45) is 5.92 Å². The van der Waals surface area contributed by atoms with E-state index in [1.54, 1.807) is 14.2 Å². The van der Waals surface area contributed by atoms with Gasteiger partial charge >= 0.3 is 0 Å². The predicted octanol–water partition coefficient (Wildman–Crippen LogP) is 2.93. The van der Waals surface area contributed by atoms with Crippen LogP contribution in [0.25, 0.3) is 10.2 Å². The van der Waals surface area contributed by atoms with Crippen LogP contribution in [0.5, 0.6) is 5.88 Å². The maximum Gasteiger partial charge on any atom is 0.261 e. The van der Waals surface area contributed by atoms with Crippen molar-refractivity contribution in [2.75, 3.05) is 14.2 Å². The summed E-state index contributed by atoms with van der Waals surface area (Å²) in [6.07, 6.45) is 0. The molecular formula is C16H23N3O3S. The van der Waals surface area contributed by atoms with Gasteiger partial charge in [-0.05, 0) is 25.3 Å². The van der Waals surface area contributed by atoms with Gasteiger partial charge in [0.25, 0.3) is 5.91 Å². The average Bonchev–Trinajstić information content (AvgIpc) is 2.84. The first-order valence-corrected chi connectivity index (χ1v) is 8.34. The summed E-state index contributed by atoms with van der Waals surface area (Å²) in [4.78, 5) is 22.8. The van der Waals surface area contributed by atoms with Gasteiger partial charge in [-0.25, -0.2) is 4.98 Å². The fourth-order valence-corrected chi connectivity index (χ4v) is 3.23. The maximum absolute atomic E-state index is 12.5. The molecule has 0 bridgehead atoms. The third-order valence-electron chi connectivity index (χ3n) is 3.84.